The second-order valence-corrected chi connectivity index (χ2v) is 7.33. The highest BCUT2D eigenvalue weighted by molar-refractivity contribution is 6.09. The van der Waals surface area contributed by atoms with Crippen molar-refractivity contribution >= 4 is 23.0 Å². The van der Waals surface area contributed by atoms with E-state index < -0.39 is 4.92 Å². The van der Waals surface area contributed by atoms with E-state index in [9.17, 15) is 14.9 Å². The van der Waals surface area contributed by atoms with E-state index in [-0.39, 0.29) is 17.2 Å². The van der Waals surface area contributed by atoms with Crippen molar-refractivity contribution in [2.45, 2.75) is 6.42 Å². The van der Waals surface area contributed by atoms with Crippen LogP contribution in [-0.2, 0) is 11.2 Å². The topological polar surface area (TPSA) is 84.7 Å². The molecule has 1 N–H and O–H groups in total. The normalized spacial score (nSPS) is 13.6. The van der Waals surface area contributed by atoms with E-state index in [0.29, 0.717) is 44.1 Å². The summed E-state index contributed by atoms with van der Waals surface area (Å²) in [5, 5.41) is 14.3. The number of rotatable bonds is 6. The van der Waals surface area contributed by atoms with E-state index >= 15 is 0 Å². The van der Waals surface area contributed by atoms with E-state index in [0.717, 1.165) is 11.1 Å². The minimum Gasteiger partial charge on any atom is -0.378 e. The Hall–Kier alpha value is -3.71. The summed E-state index contributed by atoms with van der Waals surface area (Å²) in [7, 11) is 0. The average Bonchev–Trinajstić information content (AvgIpc) is 2.81. The first kappa shape index (κ1) is 20.6. The van der Waals surface area contributed by atoms with Crippen LogP contribution < -0.4 is 10.2 Å². The lowest BCUT2D eigenvalue weighted by Crippen LogP contribution is -2.37. The second kappa shape index (κ2) is 9.40. The molecule has 1 aliphatic rings. The molecule has 0 radical (unpaired) electrons. The van der Waals surface area contributed by atoms with Gasteiger partial charge in [0.15, 0.2) is 0 Å². The number of anilines is 2. The quantitative estimate of drug-likeness (QED) is 0.478. The summed E-state index contributed by atoms with van der Waals surface area (Å²) in [5.74, 6) is -0.370. The molecule has 0 aliphatic carbocycles. The molecule has 0 bridgehead atoms. The van der Waals surface area contributed by atoms with Crippen molar-refractivity contribution in [2.24, 2.45) is 0 Å². The van der Waals surface area contributed by atoms with Crippen LogP contribution in [0.4, 0.5) is 17.1 Å². The zero-order valence-electron chi connectivity index (χ0n) is 17.0. The van der Waals surface area contributed by atoms with Gasteiger partial charge in [0, 0.05) is 30.9 Å². The van der Waals surface area contributed by atoms with Gasteiger partial charge in [-0.05, 0) is 29.7 Å². The molecule has 3 aromatic rings. The second-order valence-electron chi connectivity index (χ2n) is 7.33. The Morgan fingerprint density at radius 2 is 1.71 bits per heavy atom. The summed E-state index contributed by atoms with van der Waals surface area (Å²) in [6.45, 7) is 2.36. The Morgan fingerprint density at radius 3 is 2.45 bits per heavy atom. The largest absolute Gasteiger partial charge is 0.378 e. The predicted molar refractivity (Wildman–Crippen MR) is 120 cm³/mol. The molecule has 4 rings (SSSR count). The fourth-order valence-electron chi connectivity index (χ4n) is 3.70. The van der Waals surface area contributed by atoms with Gasteiger partial charge in [-0.3, -0.25) is 14.9 Å². The van der Waals surface area contributed by atoms with Crippen LogP contribution in [-0.4, -0.2) is 37.1 Å². The van der Waals surface area contributed by atoms with E-state index in [2.05, 4.69) is 5.32 Å². The molecule has 1 amide bonds. The first-order chi connectivity index (χ1) is 15.1. The van der Waals surface area contributed by atoms with Crippen molar-refractivity contribution in [2.75, 3.05) is 36.5 Å². The minimum absolute atomic E-state index is 0.111. The number of nitrogens with zero attached hydrogens (tertiary/aromatic N) is 2. The Labute approximate surface area is 180 Å². The number of hydrogen-bond acceptors (Lipinski definition) is 5. The number of para-hydroxylation sites is 1. The molecule has 0 unspecified atom stereocenters. The maximum Gasteiger partial charge on any atom is 0.270 e. The molecule has 158 valence electrons. The van der Waals surface area contributed by atoms with Crippen LogP contribution in [0.2, 0.25) is 0 Å². The number of ether oxygens (including phenoxy) is 1. The van der Waals surface area contributed by atoms with Gasteiger partial charge in [-0.15, -0.1) is 0 Å². The van der Waals surface area contributed by atoms with E-state index in [4.69, 9.17) is 4.74 Å². The molecule has 0 saturated carbocycles. The number of nitrogens with one attached hydrogen (secondary N) is 1. The lowest BCUT2D eigenvalue weighted by molar-refractivity contribution is -0.384. The van der Waals surface area contributed by atoms with Crippen molar-refractivity contribution in [3.8, 4) is 0 Å². The van der Waals surface area contributed by atoms with Crippen LogP contribution in [0, 0.1) is 10.1 Å². The van der Waals surface area contributed by atoms with Gasteiger partial charge >= 0.3 is 0 Å². The van der Waals surface area contributed by atoms with Crippen LogP contribution in [0.1, 0.15) is 21.5 Å². The van der Waals surface area contributed by atoms with Crippen molar-refractivity contribution in [3.05, 3.63) is 99.6 Å². The third-order valence-electron chi connectivity index (χ3n) is 5.29. The minimum atomic E-state index is -0.483. The maximum atomic E-state index is 13.3. The Morgan fingerprint density at radius 1 is 1.00 bits per heavy atom. The summed E-state index contributed by atoms with van der Waals surface area (Å²) in [4.78, 5) is 26.1. The summed E-state index contributed by atoms with van der Waals surface area (Å²) < 4.78 is 5.40. The molecule has 31 heavy (non-hydrogen) atoms. The van der Waals surface area contributed by atoms with Gasteiger partial charge in [0.1, 0.15) is 0 Å². The number of nitro groups is 1. The Bertz CT molecular complexity index is 1080. The van der Waals surface area contributed by atoms with Gasteiger partial charge in [0.2, 0.25) is 0 Å². The standard InChI is InChI=1S/C24H23N3O4/c28-24(25-22-9-5-4-8-19(22)16-18-6-2-1-3-7-18)21-17-20(27(29)30)10-11-23(21)26-12-14-31-15-13-26/h1-11,17H,12-16H2,(H,25,28). The number of non-ortho nitro benzene ring substituents is 1. The summed E-state index contributed by atoms with van der Waals surface area (Å²) in [6, 6.07) is 22.0. The number of hydrogen-bond donors (Lipinski definition) is 1. The fraction of sp³-hybridized carbons (Fsp3) is 0.208. The van der Waals surface area contributed by atoms with Crippen LogP contribution >= 0.6 is 0 Å². The highest BCUT2D eigenvalue weighted by atomic mass is 16.6. The monoisotopic (exact) mass is 417 g/mol. The van der Waals surface area contributed by atoms with Gasteiger partial charge in [-0.2, -0.15) is 0 Å². The first-order valence-electron chi connectivity index (χ1n) is 10.2. The summed E-state index contributed by atoms with van der Waals surface area (Å²) in [6.07, 6.45) is 0.669. The van der Waals surface area contributed by atoms with Crippen molar-refractivity contribution in [1.82, 2.24) is 0 Å². The van der Waals surface area contributed by atoms with Crippen molar-refractivity contribution < 1.29 is 14.5 Å². The van der Waals surface area contributed by atoms with Crippen LogP contribution in [0.25, 0.3) is 0 Å². The zero-order chi connectivity index (χ0) is 21.6. The van der Waals surface area contributed by atoms with Gasteiger partial charge in [0.25, 0.3) is 11.6 Å². The van der Waals surface area contributed by atoms with Crippen molar-refractivity contribution in [1.29, 1.82) is 0 Å². The van der Waals surface area contributed by atoms with E-state index in [1.54, 1.807) is 6.07 Å². The number of morpholine rings is 1. The number of nitro benzene ring substituents is 1. The molecule has 1 saturated heterocycles. The molecule has 0 spiro atoms. The summed E-state index contributed by atoms with van der Waals surface area (Å²) >= 11 is 0. The summed E-state index contributed by atoms with van der Waals surface area (Å²) in [5.41, 5.74) is 3.64. The SMILES string of the molecule is O=C(Nc1ccccc1Cc1ccccc1)c1cc([N+](=O)[O-])ccc1N1CCOCC1. The van der Waals surface area contributed by atoms with Gasteiger partial charge in [0.05, 0.1) is 29.4 Å². The maximum absolute atomic E-state index is 13.3. The molecule has 0 aromatic heterocycles. The molecule has 1 fully saturated rings. The number of carbonyl (C=O) groups is 1. The van der Waals surface area contributed by atoms with Gasteiger partial charge in [-0.25, -0.2) is 0 Å². The highest BCUT2D eigenvalue weighted by Gasteiger charge is 2.22. The van der Waals surface area contributed by atoms with Crippen LogP contribution in [0.15, 0.2) is 72.8 Å². The third kappa shape index (κ3) is 4.90. The molecule has 1 aliphatic heterocycles. The molecule has 0 atom stereocenters. The lowest BCUT2D eigenvalue weighted by Gasteiger charge is -2.30. The Balaban J connectivity index is 1.64. The highest BCUT2D eigenvalue weighted by Crippen LogP contribution is 2.28. The van der Waals surface area contributed by atoms with E-state index in [1.807, 2.05) is 59.5 Å². The number of amides is 1. The van der Waals surface area contributed by atoms with Gasteiger partial charge < -0.3 is 15.0 Å². The zero-order valence-corrected chi connectivity index (χ0v) is 17.0. The molecule has 3 aromatic carbocycles. The van der Waals surface area contributed by atoms with Crippen LogP contribution in [0.5, 0.6) is 0 Å². The van der Waals surface area contributed by atoms with E-state index in [1.165, 1.54) is 12.1 Å². The number of benzene rings is 3. The van der Waals surface area contributed by atoms with Crippen molar-refractivity contribution in [3.63, 3.8) is 0 Å². The molecule has 7 nitrogen and oxygen atoms in total. The molecular weight excluding hydrogens is 394 g/mol. The molecular formula is C24H23N3O4. The van der Waals surface area contributed by atoms with Crippen LogP contribution in [0.3, 0.4) is 0 Å². The predicted octanol–water partition coefficient (Wildman–Crippen LogP) is 4.27. The number of carbonyl (C=O) groups excluding carboxylic acids is 1. The average molecular weight is 417 g/mol. The third-order valence-corrected chi connectivity index (χ3v) is 5.29. The molecule has 1 heterocycles. The molecule has 7 heteroatoms. The van der Waals surface area contributed by atoms with Gasteiger partial charge in [-0.1, -0.05) is 48.5 Å². The lowest BCUT2D eigenvalue weighted by atomic mass is 10.0. The fourth-order valence-corrected chi connectivity index (χ4v) is 3.70. The smallest absolute Gasteiger partial charge is 0.270 e. The Kier molecular flexibility index (Phi) is 6.24. The first-order valence-corrected chi connectivity index (χ1v) is 10.2.